The van der Waals surface area contributed by atoms with Crippen LogP contribution in [0.3, 0.4) is 0 Å². The van der Waals surface area contributed by atoms with Gasteiger partial charge in [-0.25, -0.2) is 0 Å². The average molecular weight is 163 g/mol. The average Bonchev–Trinajstić information content (AvgIpc) is 2.05. The van der Waals surface area contributed by atoms with Crippen molar-refractivity contribution in [1.82, 2.24) is 0 Å². The molecule has 1 saturated carbocycles. The lowest BCUT2D eigenvalue weighted by Gasteiger charge is -2.26. The molecule has 0 N–H and O–H groups in total. The Balaban J connectivity index is 2.25. The van der Waals surface area contributed by atoms with Crippen molar-refractivity contribution in [2.24, 2.45) is 5.92 Å². The van der Waals surface area contributed by atoms with Crippen molar-refractivity contribution in [1.29, 1.82) is 0 Å². The lowest BCUT2D eigenvalue weighted by Crippen LogP contribution is -2.22. The van der Waals surface area contributed by atoms with E-state index in [0.29, 0.717) is 12.0 Å². The fraction of sp³-hybridized carbons (Fsp3) is 1.00. The highest BCUT2D eigenvalue weighted by molar-refractivity contribution is 6.18. The smallest absolute Gasteiger partial charge is 0.0574 e. The summed E-state index contributed by atoms with van der Waals surface area (Å²) >= 11 is 5.75. The largest absolute Gasteiger partial charge is 0.381 e. The first-order valence-corrected chi connectivity index (χ1v) is 4.49. The van der Waals surface area contributed by atoms with Crippen molar-refractivity contribution < 1.29 is 4.74 Å². The van der Waals surface area contributed by atoms with Crippen LogP contribution in [-0.4, -0.2) is 19.1 Å². The molecule has 1 aliphatic carbocycles. The third-order valence-corrected chi connectivity index (χ3v) is 2.72. The summed E-state index contributed by atoms with van der Waals surface area (Å²) in [6.45, 7) is 0. The molecule has 0 aromatic rings. The molecule has 0 aromatic carbocycles. The van der Waals surface area contributed by atoms with Crippen LogP contribution < -0.4 is 0 Å². The van der Waals surface area contributed by atoms with Gasteiger partial charge in [0.15, 0.2) is 0 Å². The van der Waals surface area contributed by atoms with Crippen LogP contribution in [0.4, 0.5) is 0 Å². The number of rotatable bonds is 2. The molecule has 0 unspecified atom stereocenters. The standard InChI is InChI=1S/C8H15ClO/c1-10-8-4-2-3-7(5-8)6-9/h7-8H,2-6H2,1H3/t7-,8+/m0/s1. The van der Waals surface area contributed by atoms with Crippen molar-refractivity contribution >= 4 is 11.6 Å². The summed E-state index contributed by atoms with van der Waals surface area (Å²) in [5.74, 6) is 1.51. The van der Waals surface area contributed by atoms with Crippen LogP contribution in [-0.2, 0) is 4.74 Å². The van der Waals surface area contributed by atoms with Crippen LogP contribution in [0.2, 0.25) is 0 Å². The third-order valence-electron chi connectivity index (χ3n) is 2.29. The van der Waals surface area contributed by atoms with E-state index in [9.17, 15) is 0 Å². The quantitative estimate of drug-likeness (QED) is 0.567. The Morgan fingerprint density at radius 3 is 2.90 bits per heavy atom. The molecular formula is C8H15ClO. The molecule has 2 atom stereocenters. The minimum absolute atomic E-state index is 0.484. The summed E-state index contributed by atoms with van der Waals surface area (Å²) in [7, 11) is 1.79. The van der Waals surface area contributed by atoms with Gasteiger partial charge >= 0.3 is 0 Å². The maximum Gasteiger partial charge on any atom is 0.0574 e. The van der Waals surface area contributed by atoms with Gasteiger partial charge in [0.25, 0.3) is 0 Å². The molecule has 60 valence electrons. The Hall–Kier alpha value is 0.250. The van der Waals surface area contributed by atoms with Gasteiger partial charge in [0.1, 0.15) is 0 Å². The molecule has 1 nitrogen and oxygen atoms in total. The van der Waals surface area contributed by atoms with Crippen LogP contribution in [0.15, 0.2) is 0 Å². The zero-order chi connectivity index (χ0) is 7.40. The molecule has 1 fully saturated rings. The number of ether oxygens (including phenoxy) is 1. The van der Waals surface area contributed by atoms with Gasteiger partial charge in [0.05, 0.1) is 6.10 Å². The first-order chi connectivity index (χ1) is 4.86. The highest BCUT2D eigenvalue weighted by Gasteiger charge is 2.20. The second-order valence-electron chi connectivity index (χ2n) is 3.04. The second kappa shape index (κ2) is 4.20. The Bertz CT molecular complexity index is 85.3. The Morgan fingerprint density at radius 2 is 2.30 bits per heavy atom. The molecule has 0 aromatic heterocycles. The molecule has 10 heavy (non-hydrogen) atoms. The normalized spacial score (nSPS) is 34.2. The van der Waals surface area contributed by atoms with Crippen LogP contribution in [0.1, 0.15) is 25.7 Å². The molecule has 0 radical (unpaired) electrons. The van der Waals surface area contributed by atoms with Gasteiger partial charge < -0.3 is 4.74 Å². The molecule has 0 bridgehead atoms. The van der Waals surface area contributed by atoms with Crippen LogP contribution in [0.5, 0.6) is 0 Å². The van der Waals surface area contributed by atoms with Crippen LogP contribution in [0, 0.1) is 5.92 Å². The van der Waals surface area contributed by atoms with Gasteiger partial charge in [-0.1, -0.05) is 6.42 Å². The summed E-state index contributed by atoms with van der Waals surface area (Å²) in [5.41, 5.74) is 0. The zero-order valence-corrected chi connectivity index (χ0v) is 7.23. The number of halogens is 1. The summed E-state index contributed by atoms with van der Waals surface area (Å²) in [5, 5.41) is 0. The Morgan fingerprint density at radius 1 is 1.50 bits per heavy atom. The number of hydrogen-bond donors (Lipinski definition) is 0. The lowest BCUT2D eigenvalue weighted by molar-refractivity contribution is 0.0548. The van der Waals surface area contributed by atoms with E-state index in [1.165, 1.54) is 25.7 Å². The van der Waals surface area contributed by atoms with E-state index in [2.05, 4.69) is 0 Å². The van der Waals surface area contributed by atoms with Crippen molar-refractivity contribution in [2.45, 2.75) is 31.8 Å². The predicted molar refractivity (Wildman–Crippen MR) is 43.5 cm³/mol. The summed E-state index contributed by atoms with van der Waals surface area (Å²) in [4.78, 5) is 0. The zero-order valence-electron chi connectivity index (χ0n) is 6.48. The molecule has 2 heteroatoms. The molecule has 0 spiro atoms. The first-order valence-electron chi connectivity index (χ1n) is 3.95. The minimum Gasteiger partial charge on any atom is -0.381 e. The predicted octanol–water partition coefficient (Wildman–Crippen LogP) is 2.43. The van der Waals surface area contributed by atoms with Crippen molar-refractivity contribution in [2.75, 3.05) is 13.0 Å². The van der Waals surface area contributed by atoms with Crippen LogP contribution >= 0.6 is 11.6 Å². The molecule has 0 saturated heterocycles. The van der Waals surface area contributed by atoms with Gasteiger partial charge in [0.2, 0.25) is 0 Å². The van der Waals surface area contributed by atoms with Crippen molar-refractivity contribution in [3.8, 4) is 0 Å². The first kappa shape index (κ1) is 8.35. The monoisotopic (exact) mass is 162 g/mol. The second-order valence-corrected chi connectivity index (χ2v) is 3.35. The maximum absolute atomic E-state index is 5.75. The Kier molecular flexibility index (Phi) is 3.50. The van der Waals surface area contributed by atoms with E-state index >= 15 is 0 Å². The Labute approximate surface area is 67.7 Å². The van der Waals surface area contributed by atoms with E-state index in [-0.39, 0.29) is 0 Å². The highest BCUT2D eigenvalue weighted by atomic mass is 35.5. The summed E-state index contributed by atoms with van der Waals surface area (Å²) in [6.07, 6.45) is 5.46. The van der Waals surface area contributed by atoms with Crippen LogP contribution in [0.25, 0.3) is 0 Å². The molecule has 0 aliphatic heterocycles. The van der Waals surface area contributed by atoms with E-state index in [0.717, 1.165) is 5.88 Å². The molecular weight excluding hydrogens is 148 g/mol. The van der Waals surface area contributed by atoms with Gasteiger partial charge in [0, 0.05) is 13.0 Å². The van der Waals surface area contributed by atoms with E-state index in [1.807, 2.05) is 0 Å². The number of alkyl halides is 1. The maximum atomic E-state index is 5.75. The van der Waals surface area contributed by atoms with E-state index in [1.54, 1.807) is 7.11 Å². The number of hydrogen-bond acceptors (Lipinski definition) is 1. The number of methoxy groups -OCH3 is 1. The topological polar surface area (TPSA) is 9.23 Å². The molecule has 1 rings (SSSR count). The van der Waals surface area contributed by atoms with E-state index in [4.69, 9.17) is 16.3 Å². The fourth-order valence-corrected chi connectivity index (χ4v) is 1.88. The van der Waals surface area contributed by atoms with Gasteiger partial charge in [-0.2, -0.15) is 0 Å². The van der Waals surface area contributed by atoms with Gasteiger partial charge in [-0.3, -0.25) is 0 Å². The molecule has 0 heterocycles. The van der Waals surface area contributed by atoms with E-state index < -0.39 is 0 Å². The van der Waals surface area contributed by atoms with Crippen molar-refractivity contribution in [3.63, 3.8) is 0 Å². The minimum atomic E-state index is 0.484. The van der Waals surface area contributed by atoms with Gasteiger partial charge in [-0.15, -0.1) is 11.6 Å². The highest BCUT2D eigenvalue weighted by Crippen LogP contribution is 2.26. The summed E-state index contributed by atoms with van der Waals surface area (Å²) in [6, 6.07) is 0. The van der Waals surface area contributed by atoms with Crippen molar-refractivity contribution in [3.05, 3.63) is 0 Å². The lowest BCUT2D eigenvalue weighted by atomic mass is 9.88. The third kappa shape index (κ3) is 2.14. The SMILES string of the molecule is CO[C@@H]1CCC[C@H](CCl)C1. The fourth-order valence-electron chi connectivity index (χ4n) is 1.60. The van der Waals surface area contributed by atoms with Gasteiger partial charge in [-0.05, 0) is 25.2 Å². The molecule has 0 amide bonds. The molecule has 1 aliphatic rings. The summed E-state index contributed by atoms with van der Waals surface area (Å²) < 4.78 is 5.26.